The second-order valence-electron chi connectivity index (χ2n) is 8.18. The Kier molecular flexibility index (Phi) is 7.37. The predicted octanol–water partition coefficient (Wildman–Crippen LogP) is 3.42. The lowest BCUT2D eigenvalue weighted by atomic mass is 9.62. The molecule has 2 unspecified atom stereocenters. The summed E-state index contributed by atoms with van der Waals surface area (Å²) in [5, 5.41) is 10.2. The average molecular weight is 436 g/mol. The number of ether oxygens (including phenoxy) is 2. The van der Waals surface area contributed by atoms with Gasteiger partial charge in [-0.05, 0) is 30.1 Å². The van der Waals surface area contributed by atoms with Gasteiger partial charge in [0.25, 0.3) is 0 Å². The summed E-state index contributed by atoms with van der Waals surface area (Å²) in [6.45, 7) is 3.62. The van der Waals surface area contributed by atoms with Gasteiger partial charge in [-0.3, -0.25) is 0 Å². The van der Waals surface area contributed by atoms with Gasteiger partial charge in [0, 0.05) is 6.04 Å². The zero-order valence-corrected chi connectivity index (χ0v) is 15.9. The molecule has 7 nitrogen and oxygen atoms in total. The Morgan fingerprint density at radius 1 is 1.21 bits per heavy atom. The van der Waals surface area contributed by atoms with Crippen LogP contribution in [0.1, 0.15) is 40.0 Å². The number of carbonyl (C=O) groups excluding carboxylic acids is 2. The van der Waals surface area contributed by atoms with E-state index < -0.39 is 42.5 Å². The predicted molar refractivity (Wildman–Crippen MR) is 85.1 cm³/mol. The number of rotatable bonds is 8. The molecule has 1 rings (SSSR count). The molecule has 0 heterocycles. The molecule has 1 saturated carbocycles. The third kappa shape index (κ3) is 7.82. The highest BCUT2D eigenvalue weighted by Crippen LogP contribution is 2.46. The largest absolute Gasteiger partial charge is 0.452 e. The number of alkyl carbamates (subject to hydrolysis) is 1. The summed E-state index contributed by atoms with van der Waals surface area (Å²) < 4.78 is 83.0. The first kappa shape index (κ1) is 25.2. The number of nitrogens with zero attached hydrogens (tertiary/aromatic N) is 1. The number of amides is 1. The van der Waals surface area contributed by atoms with Crippen LogP contribution in [-0.2, 0) is 14.3 Å². The van der Waals surface area contributed by atoms with Crippen LogP contribution in [0.5, 0.6) is 0 Å². The lowest BCUT2D eigenvalue weighted by molar-refractivity contribution is -0.475. The fourth-order valence-electron chi connectivity index (χ4n) is 3.72. The maximum absolute atomic E-state index is 13.3. The van der Waals surface area contributed by atoms with Crippen molar-refractivity contribution in [1.29, 1.82) is 0 Å². The summed E-state index contributed by atoms with van der Waals surface area (Å²) in [5.41, 5.74) is -0.815. The summed E-state index contributed by atoms with van der Waals surface area (Å²) in [5.74, 6) is 0. The highest BCUT2D eigenvalue weighted by molar-refractivity contribution is 5.67. The molecule has 0 saturated heterocycles. The van der Waals surface area contributed by atoms with E-state index in [9.17, 15) is 35.9 Å². The molecule has 2 atom stereocenters. The molecule has 0 aliphatic heterocycles. The van der Waals surface area contributed by atoms with Crippen molar-refractivity contribution in [3.8, 4) is 0 Å². The van der Waals surface area contributed by atoms with Gasteiger partial charge in [-0.2, -0.15) is 26.3 Å². The molecule has 0 aromatic rings. The Bertz CT molecular complexity index is 648. The van der Waals surface area contributed by atoms with Crippen LogP contribution in [-0.4, -0.2) is 54.8 Å². The maximum Gasteiger partial charge on any atom is 0.452 e. The van der Waals surface area contributed by atoms with E-state index in [1.54, 1.807) is 0 Å². The van der Waals surface area contributed by atoms with Crippen molar-refractivity contribution in [3.63, 3.8) is 0 Å². The molecule has 0 aromatic carbocycles. The number of aliphatic imine (C=N–C) groups is 1. The van der Waals surface area contributed by atoms with Crippen LogP contribution in [0.15, 0.2) is 4.99 Å². The minimum atomic E-state index is -5.90. The van der Waals surface area contributed by atoms with Crippen LogP contribution in [0, 0.1) is 10.8 Å². The van der Waals surface area contributed by atoms with E-state index in [1.165, 1.54) is 6.08 Å². The molecule has 1 aliphatic rings. The first-order valence-corrected chi connectivity index (χ1v) is 8.43. The van der Waals surface area contributed by atoms with E-state index >= 15 is 0 Å². The van der Waals surface area contributed by atoms with Gasteiger partial charge in [0.15, 0.2) is 6.61 Å². The molecule has 0 spiro atoms. The lowest BCUT2D eigenvalue weighted by Gasteiger charge is -2.45. The minimum Gasteiger partial charge on any atom is -0.440 e. The van der Waals surface area contributed by atoms with Crippen LogP contribution >= 0.6 is 0 Å². The zero-order chi connectivity index (χ0) is 22.7. The lowest BCUT2D eigenvalue weighted by Crippen LogP contribution is -2.50. The second kappa shape index (κ2) is 8.49. The molecular weight excluding hydrogens is 414 g/mol. The fraction of sp³-hybridized carbons (Fsp3) is 0.875. The van der Waals surface area contributed by atoms with Gasteiger partial charge in [-0.15, -0.1) is 0 Å². The summed E-state index contributed by atoms with van der Waals surface area (Å²) in [7, 11) is 0. The van der Waals surface area contributed by atoms with E-state index in [4.69, 9.17) is 5.11 Å². The summed E-state index contributed by atoms with van der Waals surface area (Å²) in [4.78, 5) is 25.7. The van der Waals surface area contributed by atoms with Crippen molar-refractivity contribution in [2.45, 2.75) is 64.4 Å². The number of hydrogen-bond acceptors (Lipinski definition) is 6. The number of isocyanates is 1. The number of nitrogens with one attached hydrogen (secondary N) is 1. The van der Waals surface area contributed by atoms with Gasteiger partial charge in [0.2, 0.25) is 6.08 Å². The highest BCUT2D eigenvalue weighted by atomic mass is 19.3. The number of aliphatic hydroxyl groups is 1. The van der Waals surface area contributed by atoms with Crippen LogP contribution in [0.2, 0.25) is 0 Å². The van der Waals surface area contributed by atoms with Crippen molar-refractivity contribution in [3.05, 3.63) is 0 Å². The Morgan fingerprint density at radius 3 is 2.31 bits per heavy atom. The van der Waals surface area contributed by atoms with Crippen molar-refractivity contribution < 1.29 is 50.5 Å². The quantitative estimate of drug-likeness (QED) is 0.345. The van der Waals surface area contributed by atoms with Crippen molar-refractivity contribution >= 4 is 12.2 Å². The smallest absolute Gasteiger partial charge is 0.440 e. The van der Waals surface area contributed by atoms with Crippen LogP contribution in [0.4, 0.5) is 31.1 Å². The standard InChI is InChI=1S/C16H22F6N2O5/c1-12(2)4-10(5-13(3,6-12)7-23-9-25)24-11(26)28-8-14(17,18)29-16(21,22)15(19,20)27/h10,27H,4-8H2,1-3H3,(H,24,26). The SMILES string of the molecule is CC1(C)CC(NC(=O)OCC(F)(F)OC(F)(F)C(O)(F)F)CC(C)(CN=C=O)C1. The van der Waals surface area contributed by atoms with Crippen LogP contribution in [0.25, 0.3) is 0 Å². The topological polar surface area (TPSA) is 97.2 Å². The Morgan fingerprint density at radius 2 is 1.79 bits per heavy atom. The molecule has 0 bridgehead atoms. The molecule has 0 radical (unpaired) electrons. The number of carbonyl (C=O) groups is 1. The van der Waals surface area contributed by atoms with E-state index in [1.807, 2.05) is 20.8 Å². The van der Waals surface area contributed by atoms with Crippen molar-refractivity contribution in [2.75, 3.05) is 13.2 Å². The van der Waals surface area contributed by atoms with Gasteiger partial charge in [0.1, 0.15) is 0 Å². The van der Waals surface area contributed by atoms with Crippen LogP contribution in [0.3, 0.4) is 0 Å². The molecule has 1 amide bonds. The highest BCUT2D eigenvalue weighted by Gasteiger charge is 2.62. The monoisotopic (exact) mass is 436 g/mol. The third-order valence-corrected chi connectivity index (χ3v) is 4.29. The molecule has 29 heavy (non-hydrogen) atoms. The zero-order valence-electron chi connectivity index (χ0n) is 15.9. The van der Waals surface area contributed by atoms with Gasteiger partial charge in [-0.1, -0.05) is 20.8 Å². The van der Waals surface area contributed by atoms with Gasteiger partial charge < -0.3 is 15.2 Å². The van der Waals surface area contributed by atoms with Gasteiger partial charge in [0.05, 0.1) is 6.54 Å². The molecular formula is C16H22F6N2O5. The molecule has 0 aromatic heterocycles. The third-order valence-electron chi connectivity index (χ3n) is 4.29. The molecule has 1 fully saturated rings. The Labute approximate surface area is 162 Å². The van der Waals surface area contributed by atoms with E-state index in [2.05, 4.69) is 19.8 Å². The number of hydrogen-bond donors (Lipinski definition) is 2. The van der Waals surface area contributed by atoms with Gasteiger partial charge in [-0.25, -0.2) is 19.3 Å². The summed E-state index contributed by atoms with van der Waals surface area (Å²) >= 11 is 0. The summed E-state index contributed by atoms with van der Waals surface area (Å²) in [6, 6.07) is -0.573. The molecule has 2 N–H and O–H groups in total. The first-order valence-electron chi connectivity index (χ1n) is 8.43. The van der Waals surface area contributed by atoms with E-state index in [-0.39, 0.29) is 12.0 Å². The van der Waals surface area contributed by atoms with Gasteiger partial charge >= 0.3 is 24.4 Å². The van der Waals surface area contributed by atoms with Crippen LogP contribution < -0.4 is 5.32 Å². The summed E-state index contributed by atoms with van der Waals surface area (Å²) in [6.07, 6.45) is -15.3. The maximum atomic E-state index is 13.3. The second-order valence-corrected chi connectivity index (χ2v) is 8.18. The van der Waals surface area contributed by atoms with Crippen molar-refractivity contribution in [2.24, 2.45) is 15.8 Å². The Hall–Kier alpha value is -1.85. The van der Waals surface area contributed by atoms with E-state index in [0.717, 1.165) is 0 Å². The first-order chi connectivity index (χ1) is 12.9. The Balaban J connectivity index is 2.68. The number of halogens is 6. The minimum absolute atomic E-state index is 0.128. The van der Waals surface area contributed by atoms with E-state index in [0.29, 0.717) is 19.3 Å². The average Bonchev–Trinajstić information content (AvgIpc) is 2.47. The molecule has 168 valence electrons. The molecule has 1 aliphatic carbocycles. The normalized spacial score (nSPS) is 25.1. The number of alkyl halides is 6. The molecule has 13 heteroatoms. The van der Waals surface area contributed by atoms with Crippen molar-refractivity contribution in [1.82, 2.24) is 5.32 Å². The fourth-order valence-corrected chi connectivity index (χ4v) is 3.72.